The first-order valence-corrected chi connectivity index (χ1v) is 7.69. The van der Waals surface area contributed by atoms with Gasteiger partial charge in [-0.3, -0.25) is 0 Å². The minimum atomic E-state index is -0.343. The Morgan fingerprint density at radius 2 is 1.50 bits per heavy atom. The minimum absolute atomic E-state index is 0.0816. The van der Waals surface area contributed by atoms with Gasteiger partial charge in [0.15, 0.2) is 0 Å². The summed E-state index contributed by atoms with van der Waals surface area (Å²) in [4.78, 5) is 0. The van der Waals surface area contributed by atoms with Crippen LogP contribution in [0, 0.1) is 17.3 Å². The molecule has 0 spiro atoms. The molecule has 124 valence electrons. The van der Waals surface area contributed by atoms with Crippen LogP contribution >= 0.6 is 0 Å². The van der Waals surface area contributed by atoms with Crippen LogP contribution in [0.25, 0.3) is 0 Å². The summed E-state index contributed by atoms with van der Waals surface area (Å²) in [5.74, 6) is 0.772. The molecule has 0 aromatic carbocycles. The molecular formula is C16H36O4. The molecule has 20 heavy (non-hydrogen) atoms. The van der Waals surface area contributed by atoms with Crippen molar-refractivity contribution in [3.8, 4) is 0 Å². The summed E-state index contributed by atoms with van der Waals surface area (Å²) in [6.45, 7) is 12.2. The molecule has 0 radical (unpaired) electrons. The van der Waals surface area contributed by atoms with E-state index in [4.69, 9.17) is 10.2 Å². The third-order valence-corrected chi connectivity index (χ3v) is 3.77. The number of hydrogen-bond acceptors (Lipinski definition) is 4. The Bertz CT molecular complexity index is 217. The zero-order chi connectivity index (χ0) is 16.3. The molecule has 0 bridgehead atoms. The lowest BCUT2D eigenvalue weighted by atomic mass is 9.87. The number of aliphatic hydroxyl groups is 4. The van der Waals surface area contributed by atoms with Crippen LogP contribution < -0.4 is 0 Å². The van der Waals surface area contributed by atoms with E-state index in [9.17, 15) is 10.2 Å². The third kappa shape index (κ3) is 11.6. The van der Waals surface area contributed by atoms with Crippen LogP contribution in [0.5, 0.6) is 0 Å². The summed E-state index contributed by atoms with van der Waals surface area (Å²) in [6.07, 6.45) is 1.34. The smallest absolute Gasteiger partial charge is 0.0590 e. The Labute approximate surface area is 124 Å². The number of aliphatic hydroxyl groups excluding tert-OH is 4. The lowest BCUT2D eigenvalue weighted by molar-refractivity contribution is 0.0662. The van der Waals surface area contributed by atoms with Crippen molar-refractivity contribution < 1.29 is 20.4 Å². The third-order valence-electron chi connectivity index (χ3n) is 3.77. The van der Waals surface area contributed by atoms with E-state index in [1.54, 1.807) is 0 Å². The Morgan fingerprint density at radius 3 is 1.80 bits per heavy atom. The second-order valence-corrected chi connectivity index (χ2v) is 6.77. The predicted molar refractivity (Wildman–Crippen MR) is 83.5 cm³/mol. The van der Waals surface area contributed by atoms with Crippen LogP contribution in [0.15, 0.2) is 0 Å². The van der Waals surface area contributed by atoms with Crippen molar-refractivity contribution in [2.75, 3.05) is 13.2 Å². The fourth-order valence-electron chi connectivity index (χ4n) is 1.69. The van der Waals surface area contributed by atoms with Crippen LogP contribution in [0.2, 0.25) is 0 Å². The molecule has 0 saturated heterocycles. The van der Waals surface area contributed by atoms with Crippen molar-refractivity contribution in [3.05, 3.63) is 0 Å². The van der Waals surface area contributed by atoms with E-state index in [2.05, 4.69) is 13.8 Å². The van der Waals surface area contributed by atoms with Crippen molar-refractivity contribution in [1.82, 2.24) is 0 Å². The van der Waals surface area contributed by atoms with E-state index in [-0.39, 0.29) is 36.8 Å². The van der Waals surface area contributed by atoms with Gasteiger partial charge in [0.25, 0.3) is 0 Å². The Balaban J connectivity index is 0. The standard InChI is InChI=1S/2C8H18O2/c1-6(2)7(3)8(10)4-5-9;1-4-7(10)5-8(2,3)6-9/h6-10H,4-5H2,1-3H3;7,9-10H,4-6H2,1-3H3. The summed E-state index contributed by atoms with van der Waals surface area (Å²) < 4.78 is 0. The molecule has 0 aromatic heterocycles. The van der Waals surface area contributed by atoms with E-state index in [0.29, 0.717) is 18.8 Å². The molecule has 3 unspecified atom stereocenters. The van der Waals surface area contributed by atoms with Gasteiger partial charge in [-0.2, -0.15) is 0 Å². The molecule has 0 aliphatic carbocycles. The van der Waals surface area contributed by atoms with Gasteiger partial charge in [0.2, 0.25) is 0 Å². The first-order valence-electron chi connectivity index (χ1n) is 7.69. The lowest BCUT2D eigenvalue weighted by Gasteiger charge is -2.23. The lowest BCUT2D eigenvalue weighted by Crippen LogP contribution is -2.23. The van der Waals surface area contributed by atoms with Crippen molar-refractivity contribution in [1.29, 1.82) is 0 Å². The van der Waals surface area contributed by atoms with Crippen molar-refractivity contribution in [3.63, 3.8) is 0 Å². The van der Waals surface area contributed by atoms with E-state index in [0.717, 1.165) is 6.42 Å². The quantitative estimate of drug-likeness (QED) is 0.553. The second-order valence-electron chi connectivity index (χ2n) is 6.77. The first-order chi connectivity index (χ1) is 9.11. The molecule has 4 N–H and O–H groups in total. The molecule has 0 aliphatic heterocycles. The molecule has 0 heterocycles. The molecule has 0 saturated carbocycles. The monoisotopic (exact) mass is 292 g/mol. The Morgan fingerprint density at radius 1 is 1.00 bits per heavy atom. The predicted octanol–water partition coefficient (Wildman–Crippen LogP) is 2.19. The molecule has 4 nitrogen and oxygen atoms in total. The molecule has 0 rings (SSSR count). The van der Waals surface area contributed by atoms with Crippen molar-refractivity contribution in [2.24, 2.45) is 17.3 Å². The highest BCUT2D eigenvalue weighted by Gasteiger charge is 2.19. The van der Waals surface area contributed by atoms with Gasteiger partial charge >= 0.3 is 0 Å². The zero-order valence-corrected chi connectivity index (χ0v) is 14.1. The molecule has 0 fully saturated rings. The highest BCUT2D eigenvalue weighted by atomic mass is 16.3. The van der Waals surface area contributed by atoms with Gasteiger partial charge < -0.3 is 20.4 Å². The Kier molecular flexibility index (Phi) is 12.7. The molecule has 0 aromatic rings. The molecule has 0 amide bonds. The largest absolute Gasteiger partial charge is 0.396 e. The average molecular weight is 292 g/mol. The molecule has 0 aliphatic rings. The van der Waals surface area contributed by atoms with Crippen LogP contribution in [0.4, 0.5) is 0 Å². The van der Waals surface area contributed by atoms with Crippen molar-refractivity contribution >= 4 is 0 Å². The van der Waals surface area contributed by atoms with Crippen LogP contribution in [0.3, 0.4) is 0 Å². The van der Waals surface area contributed by atoms with Gasteiger partial charge in [-0.1, -0.05) is 41.5 Å². The van der Waals surface area contributed by atoms with Gasteiger partial charge in [-0.15, -0.1) is 0 Å². The fraction of sp³-hybridized carbons (Fsp3) is 1.00. The first kappa shape index (κ1) is 22.1. The average Bonchev–Trinajstić information content (AvgIpc) is 2.38. The highest BCUT2D eigenvalue weighted by Crippen LogP contribution is 2.22. The SMILES string of the molecule is CC(C)C(C)C(O)CCO.CCC(O)CC(C)(C)CO. The maximum Gasteiger partial charge on any atom is 0.0590 e. The summed E-state index contributed by atoms with van der Waals surface area (Å²) in [7, 11) is 0. The van der Waals surface area contributed by atoms with Gasteiger partial charge in [-0.05, 0) is 36.5 Å². The van der Waals surface area contributed by atoms with Gasteiger partial charge in [0.05, 0.1) is 12.2 Å². The van der Waals surface area contributed by atoms with E-state index >= 15 is 0 Å². The topological polar surface area (TPSA) is 80.9 Å². The van der Waals surface area contributed by atoms with E-state index < -0.39 is 0 Å². The fourth-order valence-corrected chi connectivity index (χ4v) is 1.69. The minimum Gasteiger partial charge on any atom is -0.396 e. The normalized spacial score (nSPS) is 16.4. The summed E-state index contributed by atoms with van der Waals surface area (Å²) in [6, 6.07) is 0. The maximum absolute atomic E-state index is 9.33. The molecule has 4 heteroatoms. The van der Waals surface area contributed by atoms with Crippen LogP contribution in [-0.2, 0) is 0 Å². The maximum atomic E-state index is 9.33. The van der Waals surface area contributed by atoms with Crippen LogP contribution in [0.1, 0.15) is 60.8 Å². The molecule has 3 atom stereocenters. The zero-order valence-electron chi connectivity index (χ0n) is 14.1. The summed E-state index contributed by atoms with van der Waals surface area (Å²) >= 11 is 0. The van der Waals surface area contributed by atoms with E-state index in [1.165, 1.54) is 0 Å². The van der Waals surface area contributed by atoms with Gasteiger partial charge in [0.1, 0.15) is 0 Å². The Hall–Kier alpha value is -0.160. The number of hydrogen-bond donors (Lipinski definition) is 4. The molecular weight excluding hydrogens is 256 g/mol. The van der Waals surface area contributed by atoms with Gasteiger partial charge in [-0.25, -0.2) is 0 Å². The van der Waals surface area contributed by atoms with Crippen molar-refractivity contribution in [2.45, 2.75) is 73.0 Å². The summed E-state index contributed by atoms with van der Waals surface area (Å²) in [5.41, 5.74) is -0.130. The van der Waals surface area contributed by atoms with Crippen LogP contribution in [-0.4, -0.2) is 45.8 Å². The van der Waals surface area contributed by atoms with E-state index in [1.807, 2.05) is 27.7 Å². The second kappa shape index (κ2) is 11.5. The van der Waals surface area contributed by atoms with Gasteiger partial charge in [0, 0.05) is 13.2 Å². The number of rotatable bonds is 8. The summed E-state index contributed by atoms with van der Waals surface area (Å²) in [5, 5.41) is 35.9. The highest BCUT2D eigenvalue weighted by molar-refractivity contribution is 4.70.